The summed E-state index contributed by atoms with van der Waals surface area (Å²) in [6, 6.07) is 2.80. The molecule has 1 N–H and O–H groups in total. The van der Waals surface area contributed by atoms with Crippen molar-refractivity contribution in [1.82, 2.24) is 10.3 Å². The van der Waals surface area contributed by atoms with Crippen LogP contribution in [0.4, 0.5) is 0 Å². The van der Waals surface area contributed by atoms with Crippen molar-refractivity contribution in [3.63, 3.8) is 0 Å². The van der Waals surface area contributed by atoms with Crippen LogP contribution in [0.2, 0.25) is 0 Å². The zero-order valence-electron chi connectivity index (χ0n) is 10.6. The average Bonchev–Trinajstić information content (AvgIpc) is 2.31. The van der Waals surface area contributed by atoms with Crippen molar-refractivity contribution in [2.24, 2.45) is 11.8 Å². The quantitative estimate of drug-likeness (QED) is 0.919. The van der Waals surface area contributed by atoms with Crippen molar-refractivity contribution < 1.29 is 0 Å². The van der Waals surface area contributed by atoms with E-state index in [1.54, 1.807) is 0 Å². The second-order valence-electron chi connectivity index (χ2n) is 5.27. The molecule has 2 nitrogen and oxygen atoms in total. The van der Waals surface area contributed by atoms with Gasteiger partial charge in [-0.15, -0.1) is 0 Å². The summed E-state index contributed by atoms with van der Waals surface area (Å²) in [5.74, 6) is 1.63. The Balaban J connectivity index is 1.89. The zero-order valence-corrected chi connectivity index (χ0v) is 12.2. The zero-order chi connectivity index (χ0) is 12.3. The van der Waals surface area contributed by atoms with Gasteiger partial charge in [0.05, 0.1) is 0 Å². The molecule has 0 aliphatic heterocycles. The Morgan fingerprint density at radius 3 is 2.94 bits per heavy atom. The van der Waals surface area contributed by atoms with Crippen molar-refractivity contribution in [1.29, 1.82) is 0 Å². The van der Waals surface area contributed by atoms with Gasteiger partial charge in [-0.1, -0.05) is 26.7 Å². The summed E-state index contributed by atoms with van der Waals surface area (Å²) < 4.78 is 1.06. The summed E-state index contributed by atoms with van der Waals surface area (Å²) in [6.45, 7) is 5.67. The lowest BCUT2D eigenvalue weighted by Gasteiger charge is -2.34. The molecule has 1 fully saturated rings. The summed E-state index contributed by atoms with van der Waals surface area (Å²) in [5.41, 5.74) is 1.25. The van der Waals surface area contributed by atoms with E-state index in [1.807, 2.05) is 12.4 Å². The monoisotopic (exact) mass is 296 g/mol. The number of halogens is 1. The third-order valence-corrected chi connectivity index (χ3v) is 4.47. The van der Waals surface area contributed by atoms with Crippen molar-refractivity contribution in [2.75, 3.05) is 0 Å². The molecular weight excluding hydrogens is 276 g/mol. The van der Waals surface area contributed by atoms with Gasteiger partial charge in [0.1, 0.15) is 0 Å². The van der Waals surface area contributed by atoms with Crippen LogP contribution >= 0.6 is 15.9 Å². The molecule has 0 bridgehead atoms. The molecule has 0 amide bonds. The van der Waals surface area contributed by atoms with Gasteiger partial charge in [-0.25, -0.2) is 0 Å². The predicted octanol–water partition coefficient (Wildman–Crippen LogP) is 3.76. The van der Waals surface area contributed by atoms with Crippen LogP contribution in [0.1, 0.15) is 38.7 Å². The number of hydrogen-bond acceptors (Lipinski definition) is 2. The second-order valence-corrected chi connectivity index (χ2v) is 6.18. The lowest BCUT2D eigenvalue weighted by molar-refractivity contribution is 0.206. The first-order valence-electron chi connectivity index (χ1n) is 6.49. The Hall–Kier alpha value is -0.410. The number of pyridine rings is 1. The van der Waals surface area contributed by atoms with Crippen LogP contribution in [-0.2, 0) is 6.54 Å². The Morgan fingerprint density at radius 2 is 2.18 bits per heavy atom. The van der Waals surface area contributed by atoms with Gasteiger partial charge in [0.25, 0.3) is 0 Å². The molecule has 17 heavy (non-hydrogen) atoms. The Labute approximate surface area is 112 Å². The van der Waals surface area contributed by atoms with E-state index in [-0.39, 0.29) is 0 Å². The molecule has 0 aromatic carbocycles. The van der Waals surface area contributed by atoms with Crippen molar-refractivity contribution >= 4 is 15.9 Å². The Morgan fingerprint density at radius 1 is 1.35 bits per heavy atom. The molecule has 0 spiro atoms. The van der Waals surface area contributed by atoms with Gasteiger partial charge in [0.2, 0.25) is 0 Å². The van der Waals surface area contributed by atoms with E-state index in [2.05, 4.69) is 46.1 Å². The molecule has 1 aromatic heterocycles. The SMILES string of the molecule is CC1CCCC(NCc2cncc(Br)c2)C1C. The fraction of sp³-hybridized carbons (Fsp3) is 0.643. The van der Waals surface area contributed by atoms with E-state index in [4.69, 9.17) is 0 Å². The van der Waals surface area contributed by atoms with Crippen molar-refractivity contribution in [3.05, 3.63) is 28.5 Å². The van der Waals surface area contributed by atoms with E-state index in [1.165, 1.54) is 24.8 Å². The molecule has 0 saturated heterocycles. The first-order valence-corrected chi connectivity index (χ1v) is 7.29. The summed E-state index contributed by atoms with van der Waals surface area (Å²) in [6.07, 6.45) is 7.83. The number of hydrogen-bond donors (Lipinski definition) is 1. The van der Waals surface area contributed by atoms with Crippen LogP contribution in [0.15, 0.2) is 22.9 Å². The van der Waals surface area contributed by atoms with Gasteiger partial charge in [-0.05, 0) is 45.8 Å². The second kappa shape index (κ2) is 5.96. The van der Waals surface area contributed by atoms with Crippen LogP contribution < -0.4 is 5.32 Å². The highest BCUT2D eigenvalue weighted by Crippen LogP contribution is 2.29. The normalized spacial score (nSPS) is 29.2. The standard InChI is InChI=1S/C14H21BrN2/c1-10-4-3-5-14(11(10)2)17-8-12-6-13(15)9-16-7-12/h6-7,9-11,14,17H,3-5,8H2,1-2H3. The lowest BCUT2D eigenvalue weighted by atomic mass is 9.78. The molecular formula is C14H21BrN2. The summed E-state index contributed by atoms with van der Waals surface area (Å²) in [7, 11) is 0. The Bertz CT molecular complexity index is 367. The van der Waals surface area contributed by atoms with E-state index < -0.39 is 0 Å². The highest BCUT2D eigenvalue weighted by molar-refractivity contribution is 9.10. The van der Waals surface area contributed by atoms with E-state index >= 15 is 0 Å². The van der Waals surface area contributed by atoms with Gasteiger partial charge in [-0.2, -0.15) is 0 Å². The van der Waals surface area contributed by atoms with Gasteiger partial charge in [-0.3, -0.25) is 4.98 Å². The molecule has 0 radical (unpaired) electrons. The van der Waals surface area contributed by atoms with Crippen LogP contribution in [-0.4, -0.2) is 11.0 Å². The summed E-state index contributed by atoms with van der Waals surface area (Å²) in [5, 5.41) is 3.68. The third kappa shape index (κ3) is 3.52. The molecule has 2 rings (SSSR count). The fourth-order valence-corrected chi connectivity index (χ4v) is 3.08. The smallest absolute Gasteiger partial charge is 0.0410 e. The van der Waals surface area contributed by atoms with Crippen molar-refractivity contribution in [3.8, 4) is 0 Å². The van der Waals surface area contributed by atoms with E-state index in [9.17, 15) is 0 Å². The lowest BCUT2D eigenvalue weighted by Crippen LogP contribution is -2.40. The summed E-state index contributed by atoms with van der Waals surface area (Å²) >= 11 is 3.46. The molecule has 94 valence electrons. The minimum absolute atomic E-state index is 0.665. The maximum absolute atomic E-state index is 4.20. The molecule has 1 heterocycles. The van der Waals surface area contributed by atoms with E-state index in [0.717, 1.165) is 22.9 Å². The number of nitrogens with one attached hydrogen (secondary N) is 1. The topological polar surface area (TPSA) is 24.9 Å². The van der Waals surface area contributed by atoms with Crippen LogP contribution in [0.25, 0.3) is 0 Å². The first kappa shape index (κ1) is 13.0. The molecule has 3 atom stereocenters. The van der Waals surface area contributed by atoms with Crippen molar-refractivity contribution in [2.45, 2.75) is 45.7 Å². The molecule has 1 saturated carbocycles. The first-order chi connectivity index (χ1) is 8.16. The predicted molar refractivity (Wildman–Crippen MR) is 74.7 cm³/mol. The highest BCUT2D eigenvalue weighted by atomic mass is 79.9. The number of aromatic nitrogens is 1. The molecule has 1 aromatic rings. The highest BCUT2D eigenvalue weighted by Gasteiger charge is 2.26. The maximum Gasteiger partial charge on any atom is 0.0410 e. The number of rotatable bonds is 3. The summed E-state index contributed by atoms with van der Waals surface area (Å²) in [4.78, 5) is 4.20. The largest absolute Gasteiger partial charge is 0.310 e. The Kier molecular flexibility index (Phi) is 4.57. The van der Waals surface area contributed by atoms with Gasteiger partial charge in [0.15, 0.2) is 0 Å². The van der Waals surface area contributed by atoms with Crippen LogP contribution in [0, 0.1) is 11.8 Å². The maximum atomic E-state index is 4.20. The van der Waals surface area contributed by atoms with Gasteiger partial charge >= 0.3 is 0 Å². The van der Waals surface area contributed by atoms with Crippen LogP contribution in [0.3, 0.4) is 0 Å². The molecule has 1 aliphatic rings. The molecule has 3 heteroatoms. The third-order valence-electron chi connectivity index (χ3n) is 4.04. The average molecular weight is 297 g/mol. The van der Waals surface area contributed by atoms with Gasteiger partial charge < -0.3 is 5.32 Å². The molecule has 3 unspecified atom stereocenters. The minimum Gasteiger partial charge on any atom is -0.310 e. The minimum atomic E-state index is 0.665. The number of nitrogens with zero attached hydrogens (tertiary/aromatic N) is 1. The van der Waals surface area contributed by atoms with Crippen LogP contribution in [0.5, 0.6) is 0 Å². The van der Waals surface area contributed by atoms with Gasteiger partial charge in [0, 0.05) is 29.5 Å². The van der Waals surface area contributed by atoms with E-state index in [0.29, 0.717) is 6.04 Å². The fourth-order valence-electron chi connectivity index (χ4n) is 2.67. The molecule has 1 aliphatic carbocycles.